The van der Waals surface area contributed by atoms with Crippen LogP contribution in [-0.2, 0) is 11.3 Å². The summed E-state index contributed by atoms with van der Waals surface area (Å²) in [6, 6.07) is 14.0. The summed E-state index contributed by atoms with van der Waals surface area (Å²) in [6.07, 6.45) is 2.14. The number of carbonyl (C=O) groups excluding carboxylic acids is 1. The maximum Gasteiger partial charge on any atom is 0.405 e. The van der Waals surface area contributed by atoms with Gasteiger partial charge in [-0.1, -0.05) is 30.3 Å². The lowest BCUT2D eigenvalue weighted by Crippen LogP contribution is -2.45. The monoisotopic (exact) mass is 522 g/mol. The van der Waals surface area contributed by atoms with E-state index in [1.165, 1.54) is 31.5 Å². The maximum absolute atomic E-state index is 12.3. The topological polar surface area (TPSA) is 84.9 Å². The fourth-order valence-corrected chi connectivity index (χ4v) is 5.10. The second-order valence-electron chi connectivity index (χ2n) is 9.17. The SMILES string of the molecule is CC(=O)N1c2ccc(-c3ccc(CNCCN4CCCC4)cc3)cc2[C@@H](NC(=O)O)C[C@H]1C.Cl.Cl. The number of halogens is 2. The molecule has 0 radical (unpaired) electrons. The lowest BCUT2D eigenvalue weighted by molar-refractivity contribution is -0.117. The predicted octanol–water partition coefficient (Wildman–Crippen LogP) is 4.84. The molecule has 2 aliphatic rings. The molecule has 0 unspecified atom stereocenters. The van der Waals surface area contributed by atoms with Crippen LogP contribution in [0.1, 0.15) is 50.3 Å². The largest absolute Gasteiger partial charge is 0.465 e. The summed E-state index contributed by atoms with van der Waals surface area (Å²) in [7, 11) is 0. The molecule has 0 bridgehead atoms. The lowest BCUT2D eigenvalue weighted by atomic mass is 9.89. The Hall–Kier alpha value is -2.32. The first-order valence-electron chi connectivity index (χ1n) is 11.9. The van der Waals surface area contributed by atoms with Gasteiger partial charge in [-0.3, -0.25) is 4.79 Å². The molecule has 2 amide bonds. The van der Waals surface area contributed by atoms with Gasteiger partial charge in [-0.15, -0.1) is 24.8 Å². The van der Waals surface area contributed by atoms with Crippen molar-refractivity contribution in [3.05, 3.63) is 53.6 Å². The van der Waals surface area contributed by atoms with Crippen LogP contribution in [0.25, 0.3) is 11.1 Å². The van der Waals surface area contributed by atoms with Gasteiger partial charge in [0, 0.05) is 38.3 Å². The van der Waals surface area contributed by atoms with Crippen molar-refractivity contribution in [1.29, 1.82) is 0 Å². The summed E-state index contributed by atoms with van der Waals surface area (Å²) < 4.78 is 0. The molecule has 0 aromatic heterocycles. The normalized spacial score (nSPS) is 19.3. The van der Waals surface area contributed by atoms with Crippen molar-refractivity contribution in [1.82, 2.24) is 15.5 Å². The van der Waals surface area contributed by atoms with Crippen molar-refractivity contribution in [3.8, 4) is 11.1 Å². The third-order valence-corrected chi connectivity index (χ3v) is 6.74. The zero-order chi connectivity index (χ0) is 23.4. The zero-order valence-corrected chi connectivity index (χ0v) is 22.0. The Balaban J connectivity index is 0.00000216. The van der Waals surface area contributed by atoms with E-state index in [1.54, 1.807) is 11.8 Å². The molecule has 2 aliphatic heterocycles. The predicted molar refractivity (Wildman–Crippen MR) is 145 cm³/mol. The molecule has 2 aromatic rings. The number of rotatable bonds is 7. The zero-order valence-electron chi connectivity index (χ0n) is 20.3. The molecule has 192 valence electrons. The molecule has 0 saturated carbocycles. The number of fused-ring (bicyclic) bond motifs is 1. The Morgan fingerprint density at radius 2 is 1.69 bits per heavy atom. The van der Waals surface area contributed by atoms with E-state index in [0.717, 1.165) is 42.0 Å². The van der Waals surface area contributed by atoms with E-state index in [-0.39, 0.29) is 42.8 Å². The Labute approximate surface area is 220 Å². The molecule has 35 heavy (non-hydrogen) atoms. The van der Waals surface area contributed by atoms with Crippen LogP contribution in [-0.4, -0.2) is 54.2 Å². The number of benzene rings is 2. The van der Waals surface area contributed by atoms with Gasteiger partial charge in [-0.05, 0) is 73.7 Å². The fourth-order valence-electron chi connectivity index (χ4n) is 5.10. The van der Waals surface area contributed by atoms with Crippen LogP contribution in [0.15, 0.2) is 42.5 Å². The van der Waals surface area contributed by atoms with Crippen molar-refractivity contribution < 1.29 is 14.7 Å². The molecule has 3 N–H and O–H groups in total. The van der Waals surface area contributed by atoms with Crippen molar-refractivity contribution >= 4 is 42.5 Å². The highest BCUT2D eigenvalue weighted by Gasteiger charge is 2.33. The number of nitrogens with zero attached hydrogens (tertiary/aromatic N) is 2. The third-order valence-electron chi connectivity index (χ3n) is 6.74. The first-order chi connectivity index (χ1) is 15.9. The van der Waals surface area contributed by atoms with Gasteiger partial charge in [-0.2, -0.15) is 0 Å². The molecule has 2 aromatic carbocycles. The highest BCUT2D eigenvalue weighted by atomic mass is 35.5. The molecule has 0 aliphatic carbocycles. The summed E-state index contributed by atoms with van der Waals surface area (Å²) in [5.74, 6) is -0.0353. The van der Waals surface area contributed by atoms with E-state index in [4.69, 9.17) is 0 Å². The van der Waals surface area contributed by atoms with Gasteiger partial charge in [0.15, 0.2) is 0 Å². The van der Waals surface area contributed by atoms with E-state index in [9.17, 15) is 14.7 Å². The first-order valence-corrected chi connectivity index (χ1v) is 11.9. The van der Waals surface area contributed by atoms with Crippen LogP contribution < -0.4 is 15.5 Å². The van der Waals surface area contributed by atoms with Crippen LogP contribution >= 0.6 is 24.8 Å². The second-order valence-corrected chi connectivity index (χ2v) is 9.17. The highest BCUT2D eigenvalue weighted by molar-refractivity contribution is 5.94. The number of hydrogen-bond donors (Lipinski definition) is 3. The Morgan fingerprint density at radius 3 is 2.31 bits per heavy atom. The average Bonchev–Trinajstić information content (AvgIpc) is 3.30. The molecule has 0 spiro atoms. The van der Waals surface area contributed by atoms with Crippen LogP contribution in [0.4, 0.5) is 10.5 Å². The second kappa shape index (κ2) is 13.1. The Bertz CT molecular complexity index is 997. The summed E-state index contributed by atoms with van der Waals surface area (Å²) in [4.78, 5) is 27.9. The first kappa shape index (κ1) is 28.9. The lowest BCUT2D eigenvalue weighted by Gasteiger charge is -2.39. The number of hydrogen-bond acceptors (Lipinski definition) is 4. The summed E-state index contributed by atoms with van der Waals surface area (Å²) in [6.45, 7) is 8.90. The van der Waals surface area contributed by atoms with Gasteiger partial charge in [0.05, 0.1) is 6.04 Å². The van der Waals surface area contributed by atoms with Crippen molar-refractivity contribution in [2.75, 3.05) is 31.1 Å². The summed E-state index contributed by atoms with van der Waals surface area (Å²) in [5, 5.41) is 15.5. The van der Waals surface area contributed by atoms with Gasteiger partial charge < -0.3 is 25.5 Å². The Morgan fingerprint density at radius 1 is 1.03 bits per heavy atom. The van der Waals surface area contributed by atoms with Crippen molar-refractivity contribution in [3.63, 3.8) is 0 Å². The number of anilines is 1. The molecule has 2 atom stereocenters. The molecule has 7 nitrogen and oxygen atoms in total. The number of carbonyl (C=O) groups is 2. The standard InChI is InChI=1S/C26H34N4O3.2ClH/c1-18-15-24(28-26(32)33)23-16-22(9-10-25(23)30(18)19(2)31)21-7-5-20(6-8-21)17-27-11-14-29-12-3-4-13-29;;/h5-10,16,18,24,27-28H,3-4,11-15,17H2,1-2H3,(H,32,33);2*1H/t18-,24+;;/m1../s1. The van der Waals surface area contributed by atoms with Gasteiger partial charge in [0.1, 0.15) is 0 Å². The van der Waals surface area contributed by atoms with Gasteiger partial charge in [0.25, 0.3) is 0 Å². The van der Waals surface area contributed by atoms with Crippen LogP contribution in [0.3, 0.4) is 0 Å². The minimum atomic E-state index is -1.05. The Kier molecular flexibility index (Phi) is 10.8. The number of likely N-dealkylation sites (tertiary alicyclic amines) is 1. The van der Waals surface area contributed by atoms with E-state index >= 15 is 0 Å². The number of carboxylic acid groups (broad SMARTS) is 1. The van der Waals surface area contributed by atoms with E-state index in [2.05, 4.69) is 39.8 Å². The minimum Gasteiger partial charge on any atom is -0.465 e. The van der Waals surface area contributed by atoms with Crippen molar-refractivity contribution in [2.24, 2.45) is 0 Å². The van der Waals surface area contributed by atoms with Gasteiger partial charge in [-0.25, -0.2) is 4.79 Å². The van der Waals surface area contributed by atoms with E-state index in [0.29, 0.717) is 6.42 Å². The molecule has 2 heterocycles. The number of amides is 2. The highest BCUT2D eigenvalue weighted by Crippen LogP contribution is 2.39. The molecule has 1 fully saturated rings. The molecular weight excluding hydrogens is 487 g/mol. The van der Waals surface area contributed by atoms with Gasteiger partial charge >= 0.3 is 6.09 Å². The van der Waals surface area contributed by atoms with E-state index in [1.807, 2.05) is 25.1 Å². The quantitative estimate of drug-likeness (QED) is 0.453. The van der Waals surface area contributed by atoms with Crippen LogP contribution in [0.5, 0.6) is 0 Å². The summed E-state index contributed by atoms with van der Waals surface area (Å²) >= 11 is 0. The average molecular weight is 524 g/mol. The van der Waals surface area contributed by atoms with Crippen LogP contribution in [0, 0.1) is 0 Å². The minimum absolute atomic E-state index is 0. The maximum atomic E-state index is 12.3. The van der Waals surface area contributed by atoms with Crippen molar-refractivity contribution in [2.45, 2.75) is 51.7 Å². The smallest absolute Gasteiger partial charge is 0.405 e. The molecule has 9 heteroatoms. The van der Waals surface area contributed by atoms with Crippen LogP contribution in [0.2, 0.25) is 0 Å². The molecular formula is C26H36Cl2N4O3. The van der Waals surface area contributed by atoms with Gasteiger partial charge in [0.2, 0.25) is 5.91 Å². The molecule has 1 saturated heterocycles. The third kappa shape index (κ3) is 7.10. The fraction of sp³-hybridized carbons (Fsp3) is 0.462. The summed E-state index contributed by atoms with van der Waals surface area (Å²) in [5.41, 5.74) is 4.94. The van der Waals surface area contributed by atoms with E-state index < -0.39 is 6.09 Å². The molecule has 4 rings (SSSR count). The number of nitrogens with one attached hydrogen (secondary N) is 2.